The second-order valence-electron chi connectivity index (χ2n) is 6.82. The van der Waals surface area contributed by atoms with Crippen molar-refractivity contribution in [2.24, 2.45) is 0 Å². The maximum Gasteiger partial charge on any atom is 0.244 e. The topological polar surface area (TPSA) is 96.3 Å². The molecule has 2 aromatic rings. The second kappa shape index (κ2) is 6.93. The van der Waals surface area contributed by atoms with Crippen LogP contribution in [0.3, 0.4) is 0 Å². The number of piperazine rings is 1. The van der Waals surface area contributed by atoms with Gasteiger partial charge in [0, 0.05) is 44.8 Å². The van der Waals surface area contributed by atoms with Gasteiger partial charge in [0.1, 0.15) is 22.9 Å². The molecule has 1 unspecified atom stereocenters. The Balaban J connectivity index is 1.42. The molecule has 2 aliphatic rings. The molecule has 0 bridgehead atoms. The highest BCUT2D eigenvalue weighted by Gasteiger charge is 2.28. The Morgan fingerprint density at radius 3 is 2.69 bits per heavy atom. The van der Waals surface area contributed by atoms with E-state index in [0.717, 1.165) is 38.3 Å². The third kappa shape index (κ3) is 3.44. The monoisotopic (exact) mass is 377 g/mol. The summed E-state index contributed by atoms with van der Waals surface area (Å²) in [6, 6.07) is 3.57. The van der Waals surface area contributed by atoms with E-state index in [1.165, 1.54) is 10.5 Å². The zero-order valence-corrected chi connectivity index (χ0v) is 15.6. The number of aryl methyl sites for hydroxylation is 1. The SMILES string of the molecule is CN1CCN(S(=O)(=O)c2ccc(NC3CCc4ncnn4C3)nc2)CC1. The maximum absolute atomic E-state index is 12.7. The third-order valence-electron chi connectivity index (χ3n) is 4.99. The highest BCUT2D eigenvalue weighted by Crippen LogP contribution is 2.20. The molecule has 1 saturated heterocycles. The molecule has 1 N–H and O–H groups in total. The molecule has 4 rings (SSSR count). The van der Waals surface area contributed by atoms with Gasteiger partial charge in [0.15, 0.2) is 0 Å². The van der Waals surface area contributed by atoms with Crippen molar-refractivity contribution >= 4 is 15.8 Å². The van der Waals surface area contributed by atoms with Gasteiger partial charge in [-0.1, -0.05) is 0 Å². The van der Waals surface area contributed by atoms with Gasteiger partial charge < -0.3 is 10.2 Å². The van der Waals surface area contributed by atoms with Gasteiger partial charge in [-0.05, 0) is 25.6 Å². The highest BCUT2D eigenvalue weighted by atomic mass is 32.2. The Bertz CT molecular complexity index is 857. The van der Waals surface area contributed by atoms with Crippen molar-refractivity contribution in [3.8, 4) is 0 Å². The molecule has 1 fully saturated rings. The number of aromatic nitrogens is 4. The maximum atomic E-state index is 12.7. The molecular formula is C16H23N7O2S. The Labute approximate surface area is 153 Å². The van der Waals surface area contributed by atoms with E-state index in [0.29, 0.717) is 18.9 Å². The number of hydrogen-bond acceptors (Lipinski definition) is 7. The summed E-state index contributed by atoms with van der Waals surface area (Å²) in [7, 11) is -1.47. The van der Waals surface area contributed by atoms with Crippen molar-refractivity contribution in [2.45, 2.75) is 30.3 Å². The van der Waals surface area contributed by atoms with Crippen LogP contribution >= 0.6 is 0 Å². The first-order valence-electron chi connectivity index (χ1n) is 8.80. The first-order chi connectivity index (χ1) is 12.5. The van der Waals surface area contributed by atoms with E-state index in [1.807, 2.05) is 11.7 Å². The smallest absolute Gasteiger partial charge is 0.244 e. The molecule has 2 aliphatic heterocycles. The molecule has 140 valence electrons. The van der Waals surface area contributed by atoms with Gasteiger partial charge in [-0.3, -0.25) is 0 Å². The lowest BCUT2D eigenvalue weighted by Gasteiger charge is -2.31. The lowest BCUT2D eigenvalue weighted by Crippen LogP contribution is -2.47. The predicted octanol–water partition coefficient (Wildman–Crippen LogP) is 0.0361. The molecule has 0 radical (unpaired) electrons. The van der Waals surface area contributed by atoms with Gasteiger partial charge in [-0.25, -0.2) is 23.1 Å². The summed E-state index contributed by atoms with van der Waals surface area (Å²) in [6.07, 6.45) is 4.84. The standard InChI is InChI=1S/C16H23N7O2S/c1-21-6-8-22(9-7-21)26(24,25)14-3-4-15(17-10-14)20-13-2-5-16-18-12-19-23(16)11-13/h3-4,10,12-13H,2,5-9,11H2,1H3,(H,17,20). The fourth-order valence-electron chi connectivity index (χ4n) is 3.36. The first kappa shape index (κ1) is 17.4. The minimum atomic E-state index is -3.47. The first-order valence-corrected chi connectivity index (χ1v) is 10.2. The van der Waals surface area contributed by atoms with Gasteiger partial charge in [-0.2, -0.15) is 9.40 Å². The van der Waals surface area contributed by atoms with Crippen molar-refractivity contribution in [3.05, 3.63) is 30.5 Å². The minimum Gasteiger partial charge on any atom is -0.365 e. The fraction of sp³-hybridized carbons (Fsp3) is 0.562. The molecular weight excluding hydrogens is 354 g/mol. The van der Waals surface area contributed by atoms with Crippen LogP contribution in [0, 0.1) is 0 Å². The van der Waals surface area contributed by atoms with Crippen LogP contribution in [0.5, 0.6) is 0 Å². The number of sulfonamides is 1. The van der Waals surface area contributed by atoms with Crippen molar-refractivity contribution in [1.82, 2.24) is 29.0 Å². The van der Waals surface area contributed by atoms with Crippen molar-refractivity contribution < 1.29 is 8.42 Å². The minimum absolute atomic E-state index is 0.205. The van der Waals surface area contributed by atoms with E-state index in [9.17, 15) is 8.42 Å². The Hall–Kier alpha value is -2.04. The number of likely N-dealkylation sites (N-methyl/N-ethyl adjacent to an activating group) is 1. The molecule has 10 heteroatoms. The second-order valence-corrected chi connectivity index (χ2v) is 8.76. The van der Waals surface area contributed by atoms with E-state index in [1.54, 1.807) is 18.5 Å². The molecule has 4 heterocycles. The normalized spacial score (nSPS) is 22.1. The summed E-state index contributed by atoms with van der Waals surface area (Å²) in [5.74, 6) is 1.68. The van der Waals surface area contributed by atoms with Crippen LogP contribution < -0.4 is 5.32 Å². The molecule has 0 aromatic carbocycles. The fourth-order valence-corrected chi connectivity index (χ4v) is 4.73. The van der Waals surface area contributed by atoms with Crippen molar-refractivity contribution in [1.29, 1.82) is 0 Å². The van der Waals surface area contributed by atoms with E-state index in [-0.39, 0.29) is 10.9 Å². The number of anilines is 1. The molecule has 26 heavy (non-hydrogen) atoms. The van der Waals surface area contributed by atoms with Gasteiger partial charge in [0.2, 0.25) is 10.0 Å². The quantitative estimate of drug-likeness (QED) is 0.803. The lowest BCUT2D eigenvalue weighted by molar-refractivity contribution is 0.222. The number of nitrogens with zero attached hydrogens (tertiary/aromatic N) is 6. The average molecular weight is 377 g/mol. The third-order valence-corrected chi connectivity index (χ3v) is 6.88. The van der Waals surface area contributed by atoms with Crippen molar-refractivity contribution in [3.63, 3.8) is 0 Å². The van der Waals surface area contributed by atoms with E-state index in [4.69, 9.17) is 0 Å². The molecule has 1 atom stereocenters. The Morgan fingerprint density at radius 1 is 1.15 bits per heavy atom. The summed E-state index contributed by atoms with van der Waals surface area (Å²) in [5.41, 5.74) is 0. The molecule has 0 spiro atoms. The van der Waals surface area contributed by atoms with E-state index in [2.05, 4.69) is 25.3 Å². The molecule has 9 nitrogen and oxygen atoms in total. The largest absolute Gasteiger partial charge is 0.365 e. The van der Waals surface area contributed by atoms with Crippen LogP contribution in [0.4, 0.5) is 5.82 Å². The lowest BCUT2D eigenvalue weighted by atomic mass is 10.1. The summed E-state index contributed by atoms with van der Waals surface area (Å²) in [5, 5.41) is 7.57. The molecule has 2 aromatic heterocycles. The summed E-state index contributed by atoms with van der Waals surface area (Å²) >= 11 is 0. The van der Waals surface area contributed by atoms with Crippen LogP contribution in [0.25, 0.3) is 0 Å². The number of nitrogens with one attached hydrogen (secondary N) is 1. The molecule has 0 amide bonds. The number of fused-ring (bicyclic) bond motifs is 1. The van der Waals surface area contributed by atoms with Gasteiger partial charge in [0.25, 0.3) is 0 Å². The zero-order chi connectivity index (χ0) is 18.1. The van der Waals surface area contributed by atoms with Gasteiger partial charge in [-0.15, -0.1) is 0 Å². The Morgan fingerprint density at radius 2 is 1.96 bits per heavy atom. The summed E-state index contributed by atoms with van der Waals surface area (Å²) < 4.78 is 28.9. The Kier molecular flexibility index (Phi) is 4.63. The molecule has 0 saturated carbocycles. The highest BCUT2D eigenvalue weighted by molar-refractivity contribution is 7.89. The van der Waals surface area contributed by atoms with Crippen LogP contribution in [-0.2, 0) is 23.0 Å². The summed E-state index contributed by atoms with van der Waals surface area (Å²) in [6.45, 7) is 3.26. The number of pyridine rings is 1. The average Bonchev–Trinajstić information content (AvgIpc) is 3.10. The van der Waals surface area contributed by atoms with Crippen LogP contribution in [0.2, 0.25) is 0 Å². The molecule has 0 aliphatic carbocycles. The van der Waals surface area contributed by atoms with E-state index >= 15 is 0 Å². The zero-order valence-electron chi connectivity index (χ0n) is 14.7. The van der Waals surface area contributed by atoms with Gasteiger partial charge in [0.05, 0.1) is 6.54 Å². The number of rotatable bonds is 4. The van der Waals surface area contributed by atoms with Crippen molar-refractivity contribution in [2.75, 3.05) is 38.5 Å². The number of hydrogen-bond donors (Lipinski definition) is 1. The van der Waals surface area contributed by atoms with Crippen LogP contribution in [-0.4, -0.2) is 76.6 Å². The summed E-state index contributed by atoms with van der Waals surface area (Å²) in [4.78, 5) is 10.9. The van der Waals surface area contributed by atoms with Gasteiger partial charge >= 0.3 is 0 Å². The van der Waals surface area contributed by atoms with E-state index < -0.39 is 10.0 Å². The predicted molar refractivity (Wildman–Crippen MR) is 96.2 cm³/mol. The van der Waals surface area contributed by atoms with Crippen LogP contribution in [0.1, 0.15) is 12.2 Å². The van der Waals surface area contributed by atoms with Crippen LogP contribution in [0.15, 0.2) is 29.6 Å².